The van der Waals surface area contributed by atoms with Crippen LogP contribution < -0.4 is 5.73 Å². The molecule has 0 aromatic heterocycles. The molecule has 0 saturated carbocycles. The third kappa shape index (κ3) is 4.88. The van der Waals surface area contributed by atoms with Gasteiger partial charge < -0.3 is 10.6 Å². The summed E-state index contributed by atoms with van der Waals surface area (Å²) in [7, 11) is 1.81. The fraction of sp³-hybridized carbons (Fsp3) is 0.438. The normalized spacial score (nSPS) is 9.80. The van der Waals surface area contributed by atoms with E-state index in [1.807, 2.05) is 7.05 Å². The summed E-state index contributed by atoms with van der Waals surface area (Å²) in [5.41, 5.74) is 6.61. The van der Waals surface area contributed by atoms with Crippen molar-refractivity contribution in [3.8, 4) is 11.8 Å². The van der Waals surface area contributed by atoms with Crippen LogP contribution in [0.15, 0.2) is 18.2 Å². The lowest BCUT2D eigenvalue weighted by atomic mass is 10.1. The van der Waals surface area contributed by atoms with E-state index in [9.17, 15) is 4.79 Å². The third-order valence-electron chi connectivity index (χ3n) is 2.98. The van der Waals surface area contributed by atoms with Gasteiger partial charge in [0.1, 0.15) is 0 Å². The van der Waals surface area contributed by atoms with Crippen LogP contribution in [0.2, 0.25) is 5.02 Å². The molecule has 0 bridgehead atoms. The average molecular weight is 293 g/mol. The Balaban J connectivity index is 2.76. The summed E-state index contributed by atoms with van der Waals surface area (Å²) in [5, 5.41) is 0.485. The van der Waals surface area contributed by atoms with E-state index in [0.717, 1.165) is 25.8 Å². The number of amides is 1. The maximum absolute atomic E-state index is 12.2. The van der Waals surface area contributed by atoms with Crippen molar-refractivity contribution in [2.75, 3.05) is 20.1 Å². The Morgan fingerprint density at radius 1 is 1.40 bits per heavy atom. The van der Waals surface area contributed by atoms with Crippen LogP contribution in [0.1, 0.15) is 42.1 Å². The molecule has 4 heteroatoms. The van der Waals surface area contributed by atoms with E-state index in [0.29, 0.717) is 16.1 Å². The van der Waals surface area contributed by atoms with Gasteiger partial charge in [-0.25, -0.2) is 0 Å². The molecule has 0 aliphatic carbocycles. The first-order chi connectivity index (χ1) is 9.60. The standard InChI is InChI=1S/C16H21ClN2O/c1-3-4-5-11-19(2)16(20)14-9-8-13(7-6-10-18)15(17)12-14/h8-9,12H,3-5,10-11,18H2,1-2H3. The Bertz CT molecular complexity index is 517. The lowest BCUT2D eigenvalue weighted by Crippen LogP contribution is -2.27. The van der Waals surface area contributed by atoms with Crippen molar-refractivity contribution in [2.45, 2.75) is 26.2 Å². The van der Waals surface area contributed by atoms with Crippen molar-refractivity contribution in [2.24, 2.45) is 5.73 Å². The fourth-order valence-corrected chi connectivity index (χ4v) is 2.04. The van der Waals surface area contributed by atoms with Crippen molar-refractivity contribution >= 4 is 17.5 Å². The number of halogens is 1. The van der Waals surface area contributed by atoms with E-state index < -0.39 is 0 Å². The maximum Gasteiger partial charge on any atom is 0.253 e. The second-order valence-corrected chi connectivity index (χ2v) is 5.04. The lowest BCUT2D eigenvalue weighted by Gasteiger charge is -2.17. The number of hydrogen-bond donors (Lipinski definition) is 1. The molecule has 0 radical (unpaired) electrons. The molecule has 1 rings (SSSR count). The van der Waals surface area contributed by atoms with E-state index in [1.165, 1.54) is 0 Å². The highest BCUT2D eigenvalue weighted by Crippen LogP contribution is 2.18. The number of carbonyl (C=O) groups is 1. The molecule has 0 aliphatic rings. The molecule has 0 spiro atoms. The molecule has 2 N–H and O–H groups in total. The van der Waals surface area contributed by atoms with Crippen molar-refractivity contribution in [3.05, 3.63) is 34.3 Å². The topological polar surface area (TPSA) is 46.3 Å². The minimum Gasteiger partial charge on any atom is -0.342 e. The minimum absolute atomic E-state index is 0.0127. The number of hydrogen-bond acceptors (Lipinski definition) is 2. The van der Waals surface area contributed by atoms with Gasteiger partial charge in [-0.1, -0.05) is 43.2 Å². The average Bonchev–Trinajstić information content (AvgIpc) is 2.45. The molecule has 1 aromatic carbocycles. The van der Waals surface area contributed by atoms with Crippen LogP contribution in [0.25, 0.3) is 0 Å². The second kappa shape index (κ2) is 8.63. The van der Waals surface area contributed by atoms with Crippen LogP contribution in [0.5, 0.6) is 0 Å². The van der Waals surface area contributed by atoms with E-state index in [1.54, 1.807) is 23.1 Å². The van der Waals surface area contributed by atoms with Gasteiger partial charge in [-0.15, -0.1) is 0 Å². The molecule has 1 aromatic rings. The number of rotatable bonds is 5. The van der Waals surface area contributed by atoms with Gasteiger partial charge in [0.25, 0.3) is 5.91 Å². The molecule has 0 unspecified atom stereocenters. The molecule has 1 amide bonds. The van der Waals surface area contributed by atoms with Gasteiger partial charge in [-0.05, 0) is 24.6 Å². The van der Waals surface area contributed by atoms with Crippen LogP contribution in [-0.4, -0.2) is 30.9 Å². The Labute approximate surface area is 126 Å². The first kappa shape index (κ1) is 16.6. The maximum atomic E-state index is 12.2. The highest BCUT2D eigenvalue weighted by Gasteiger charge is 2.12. The van der Waals surface area contributed by atoms with Crippen LogP contribution in [0, 0.1) is 11.8 Å². The van der Waals surface area contributed by atoms with E-state index in [2.05, 4.69) is 18.8 Å². The number of benzene rings is 1. The first-order valence-electron chi connectivity index (χ1n) is 6.84. The number of carbonyl (C=O) groups excluding carboxylic acids is 1. The zero-order valence-electron chi connectivity index (χ0n) is 12.1. The molecule has 3 nitrogen and oxygen atoms in total. The van der Waals surface area contributed by atoms with Gasteiger partial charge in [0, 0.05) is 24.7 Å². The Hall–Kier alpha value is -1.50. The smallest absolute Gasteiger partial charge is 0.253 e. The van der Waals surface area contributed by atoms with Gasteiger partial charge >= 0.3 is 0 Å². The van der Waals surface area contributed by atoms with Gasteiger partial charge in [-0.2, -0.15) is 0 Å². The van der Waals surface area contributed by atoms with E-state index in [4.69, 9.17) is 17.3 Å². The van der Waals surface area contributed by atoms with Gasteiger partial charge in [0.2, 0.25) is 0 Å². The number of nitrogens with zero attached hydrogens (tertiary/aromatic N) is 1. The molecule has 108 valence electrons. The largest absolute Gasteiger partial charge is 0.342 e. The SMILES string of the molecule is CCCCCN(C)C(=O)c1ccc(C#CCN)c(Cl)c1. The lowest BCUT2D eigenvalue weighted by molar-refractivity contribution is 0.0792. The summed E-state index contributed by atoms with van der Waals surface area (Å²) >= 11 is 6.13. The highest BCUT2D eigenvalue weighted by molar-refractivity contribution is 6.32. The van der Waals surface area contributed by atoms with E-state index in [-0.39, 0.29) is 12.5 Å². The summed E-state index contributed by atoms with van der Waals surface area (Å²) in [6.45, 7) is 3.19. The Kier molecular flexibility index (Phi) is 7.14. The molecule has 0 fully saturated rings. The fourth-order valence-electron chi connectivity index (χ4n) is 1.82. The van der Waals surface area contributed by atoms with Gasteiger partial charge in [-0.3, -0.25) is 4.79 Å². The van der Waals surface area contributed by atoms with Crippen LogP contribution in [0.3, 0.4) is 0 Å². The Morgan fingerprint density at radius 2 is 2.15 bits per heavy atom. The summed E-state index contributed by atoms with van der Waals surface area (Å²) in [5.74, 6) is 5.61. The Morgan fingerprint density at radius 3 is 2.75 bits per heavy atom. The van der Waals surface area contributed by atoms with Gasteiger partial charge in [0.05, 0.1) is 11.6 Å². The zero-order valence-corrected chi connectivity index (χ0v) is 12.8. The van der Waals surface area contributed by atoms with Crippen molar-refractivity contribution in [3.63, 3.8) is 0 Å². The molecule has 20 heavy (non-hydrogen) atoms. The molecular weight excluding hydrogens is 272 g/mol. The molecular formula is C16H21ClN2O. The monoisotopic (exact) mass is 292 g/mol. The summed E-state index contributed by atoms with van der Waals surface area (Å²) in [4.78, 5) is 14.0. The van der Waals surface area contributed by atoms with Crippen LogP contribution >= 0.6 is 11.6 Å². The second-order valence-electron chi connectivity index (χ2n) is 4.63. The van der Waals surface area contributed by atoms with Crippen LogP contribution in [0.4, 0.5) is 0 Å². The molecule has 0 atom stereocenters. The zero-order chi connectivity index (χ0) is 15.0. The predicted molar refractivity (Wildman–Crippen MR) is 83.9 cm³/mol. The summed E-state index contributed by atoms with van der Waals surface area (Å²) in [6.07, 6.45) is 3.29. The quantitative estimate of drug-likeness (QED) is 0.670. The summed E-state index contributed by atoms with van der Waals surface area (Å²) < 4.78 is 0. The molecule has 0 aliphatic heterocycles. The van der Waals surface area contributed by atoms with Crippen molar-refractivity contribution < 1.29 is 4.79 Å². The number of unbranched alkanes of at least 4 members (excludes halogenated alkanes) is 2. The minimum atomic E-state index is -0.0127. The van der Waals surface area contributed by atoms with Crippen LogP contribution in [-0.2, 0) is 0 Å². The third-order valence-corrected chi connectivity index (χ3v) is 3.30. The van der Waals surface area contributed by atoms with E-state index >= 15 is 0 Å². The molecule has 0 saturated heterocycles. The predicted octanol–water partition coefficient (Wildman–Crippen LogP) is 2.91. The molecule has 0 heterocycles. The van der Waals surface area contributed by atoms with Crippen molar-refractivity contribution in [1.29, 1.82) is 0 Å². The van der Waals surface area contributed by atoms with Gasteiger partial charge in [0.15, 0.2) is 0 Å². The first-order valence-corrected chi connectivity index (χ1v) is 7.22. The number of nitrogens with two attached hydrogens (primary N) is 1. The highest BCUT2D eigenvalue weighted by atomic mass is 35.5. The summed E-state index contributed by atoms with van der Waals surface area (Å²) in [6, 6.07) is 5.18. The van der Waals surface area contributed by atoms with Crippen molar-refractivity contribution in [1.82, 2.24) is 4.90 Å².